The van der Waals surface area contributed by atoms with E-state index < -0.39 is 0 Å². The van der Waals surface area contributed by atoms with Crippen molar-refractivity contribution in [2.75, 3.05) is 13.1 Å². The lowest BCUT2D eigenvalue weighted by molar-refractivity contribution is 0.283. The van der Waals surface area contributed by atoms with E-state index in [1.165, 1.54) is 6.20 Å². The molecule has 114 valence electrons. The number of ether oxygens (including phenoxy) is 1. The molecule has 6 heteroatoms. The van der Waals surface area contributed by atoms with E-state index in [-0.39, 0.29) is 12.4 Å². The highest BCUT2D eigenvalue weighted by atomic mass is 19.1. The van der Waals surface area contributed by atoms with E-state index >= 15 is 0 Å². The van der Waals surface area contributed by atoms with Crippen LogP contribution in [0.4, 0.5) is 4.39 Å². The van der Waals surface area contributed by atoms with Crippen LogP contribution in [0, 0.1) is 5.82 Å². The largest absolute Gasteiger partial charge is 0.473 e. The van der Waals surface area contributed by atoms with Crippen molar-refractivity contribution in [1.29, 1.82) is 0 Å². The third kappa shape index (κ3) is 3.63. The fourth-order valence-electron chi connectivity index (χ4n) is 2.72. The molecule has 3 rings (SSSR count). The quantitative estimate of drug-likeness (QED) is 0.809. The number of nitrogens with zero attached hydrogens (tertiary/aromatic N) is 3. The van der Waals surface area contributed by atoms with E-state index in [1.54, 1.807) is 12.3 Å². The van der Waals surface area contributed by atoms with Gasteiger partial charge < -0.3 is 9.55 Å². The minimum atomic E-state index is -0.353. The SMILES string of the molecule is BN1CCC(c2cccc(OCc3ccncc3F)n2)CC1. The van der Waals surface area contributed by atoms with Gasteiger partial charge in [-0.3, -0.25) is 4.98 Å². The summed E-state index contributed by atoms with van der Waals surface area (Å²) in [5.74, 6) is 0.680. The molecule has 22 heavy (non-hydrogen) atoms. The molecule has 0 unspecified atom stereocenters. The summed E-state index contributed by atoms with van der Waals surface area (Å²) in [5, 5.41) is 0. The van der Waals surface area contributed by atoms with Crippen LogP contribution in [0.15, 0.2) is 36.7 Å². The van der Waals surface area contributed by atoms with Gasteiger partial charge in [0.25, 0.3) is 0 Å². The molecule has 1 saturated heterocycles. The first-order valence-corrected chi connectivity index (χ1v) is 7.59. The molecule has 0 aromatic carbocycles. The molecule has 0 spiro atoms. The molecule has 0 N–H and O–H groups in total. The Kier molecular flexibility index (Phi) is 4.68. The van der Waals surface area contributed by atoms with Crippen molar-refractivity contribution in [3.63, 3.8) is 0 Å². The Bertz CT molecular complexity index is 632. The molecular formula is C16H19BFN3O. The van der Waals surface area contributed by atoms with Crippen molar-refractivity contribution in [2.24, 2.45) is 0 Å². The van der Waals surface area contributed by atoms with Gasteiger partial charge in [0.2, 0.25) is 5.88 Å². The summed E-state index contributed by atoms with van der Waals surface area (Å²) in [7, 11) is 2.15. The Morgan fingerprint density at radius 1 is 1.27 bits per heavy atom. The monoisotopic (exact) mass is 299 g/mol. The highest BCUT2D eigenvalue weighted by molar-refractivity contribution is 6.04. The first-order chi connectivity index (χ1) is 10.7. The lowest BCUT2D eigenvalue weighted by atomic mass is 9.92. The maximum absolute atomic E-state index is 13.5. The van der Waals surface area contributed by atoms with Crippen LogP contribution in [0.1, 0.15) is 30.0 Å². The molecule has 1 aliphatic heterocycles. The van der Waals surface area contributed by atoms with Crippen LogP contribution in [0.2, 0.25) is 0 Å². The first kappa shape index (κ1) is 15.0. The first-order valence-electron chi connectivity index (χ1n) is 7.59. The molecule has 1 aliphatic rings. The molecule has 4 nitrogen and oxygen atoms in total. The fourth-order valence-corrected chi connectivity index (χ4v) is 2.72. The second-order valence-corrected chi connectivity index (χ2v) is 5.73. The topological polar surface area (TPSA) is 38.2 Å². The van der Waals surface area contributed by atoms with Gasteiger partial charge in [0.05, 0.1) is 6.20 Å². The Balaban J connectivity index is 1.65. The van der Waals surface area contributed by atoms with Gasteiger partial charge in [-0.2, -0.15) is 0 Å². The van der Waals surface area contributed by atoms with Crippen LogP contribution in [-0.4, -0.2) is 35.8 Å². The number of pyridine rings is 2. The third-order valence-corrected chi connectivity index (χ3v) is 4.11. The zero-order valence-corrected chi connectivity index (χ0v) is 12.7. The van der Waals surface area contributed by atoms with E-state index in [9.17, 15) is 4.39 Å². The van der Waals surface area contributed by atoms with Crippen molar-refractivity contribution in [2.45, 2.75) is 25.4 Å². The summed E-state index contributed by atoms with van der Waals surface area (Å²) in [6.07, 6.45) is 4.99. The summed E-state index contributed by atoms with van der Waals surface area (Å²) in [5.41, 5.74) is 1.56. The van der Waals surface area contributed by atoms with Crippen LogP contribution in [0.5, 0.6) is 5.88 Å². The molecule has 0 radical (unpaired) electrons. The molecule has 0 saturated carbocycles. The van der Waals surface area contributed by atoms with Crippen molar-refractivity contribution >= 4 is 7.98 Å². The number of hydrogen-bond donors (Lipinski definition) is 0. The van der Waals surface area contributed by atoms with Crippen molar-refractivity contribution < 1.29 is 9.13 Å². The molecule has 1 fully saturated rings. The number of halogens is 1. The summed E-state index contributed by atoms with van der Waals surface area (Å²) < 4.78 is 19.2. The fraction of sp³-hybridized carbons (Fsp3) is 0.375. The van der Waals surface area contributed by atoms with Crippen LogP contribution >= 0.6 is 0 Å². The summed E-state index contributed by atoms with van der Waals surface area (Å²) in [6.45, 7) is 2.36. The van der Waals surface area contributed by atoms with E-state index in [2.05, 4.69) is 28.8 Å². The number of hydrogen-bond acceptors (Lipinski definition) is 4. The number of piperidine rings is 1. The molecule has 3 heterocycles. The maximum Gasteiger partial charge on any atom is 0.213 e. The average molecular weight is 299 g/mol. The van der Waals surface area contributed by atoms with Gasteiger partial charge in [0, 0.05) is 29.4 Å². The normalized spacial score (nSPS) is 16.6. The van der Waals surface area contributed by atoms with Gasteiger partial charge in [-0.05, 0) is 38.1 Å². The Morgan fingerprint density at radius 2 is 2.09 bits per heavy atom. The highest BCUT2D eigenvalue weighted by Crippen LogP contribution is 2.27. The molecular weight excluding hydrogens is 280 g/mol. The van der Waals surface area contributed by atoms with Gasteiger partial charge in [0.15, 0.2) is 7.98 Å². The Morgan fingerprint density at radius 3 is 2.86 bits per heavy atom. The molecule has 0 bridgehead atoms. The predicted molar refractivity (Wildman–Crippen MR) is 84.9 cm³/mol. The van der Waals surface area contributed by atoms with E-state index in [0.717, 1.165) is 31.6 Å². The molecule has 2 aromatic rings. The second kappa shape index (κ2) is 6.88. The standard InChI is InChI=1S/C16H19BFN3O/c17-21-8-5-12(6-9-21)15-2-1-3-16(20-15)22-11-13-4-7-19-10-14(13)18/h1-4,7,10,12H,5-6,8-9,11,17H2. The van der Waals surface area contributed by atoms with Crippen LogP contribution in [0.3, 0.4) is 0 Å². The molecule has 0 atom stereocenters. The van der Waals surface area contributed by atoms with Crippen LogP contribution in [0.25, 0.3) is 0 Å². The summed E-state index contributed by atoms with van der Waals surface area (Å²) in [6, 6.07) is 7.45. The molecule has 0 aliphatic carbocycles. The second-order valence-electron chi connectivity index (χ2n) is 5.73. The Labute approximate surface area is 130 Å². The smallest absolute Gasteiger partial charge is 0.213 e. The molecule has 0 amide bonds. The zero-order valence-electron chi connectivity index (χ0n) is 12.7. The highest BCUT2D eigenvalue weighted by Gasteiger charge is 2.19. The van der Waals surface area contributed by atoms with Gasteiger partial charge >= 0.3 is 0 Å². The third-order valence-electron chi connectivity index (χ3n) is 4.11. The number of aromatic nitrogens is 2. The maximum atomic E-state index is 13.5. The average Bonchev–Trinajstić information content (AvgIpc) is 2.55. The summed E-state index contributed by atoms with van der Waals surface area (Å²) in [4.78, 5) is 10.7. The lowest BCUT2D eigenvalue weighted by Crippen LogP contribution is -2.30. The lowest BCUT2D eigenvalue weighted by Gasteiger charge is -2.29. The minimum Gasteiger partial charge on any atom is -0.473 e. The van der Waals surface area contributed by atoms with Gasteiger partial charge in [-0.15, -0.1) is 0 Å². The van der Waals surface area contributed by atoms with Crippen LogP contribution < -0.4 is 4.74 Å². The molecule has 2 aromatic heterocycles. The van der Waals surface area contributed by atoms with Gasteiger partial charge in [0.1, 0.15) is 12.4 Å². The minimum absolute atomic E-state index is 0.165. The summed E-state index contributed by atoms with van der Waals surface area (Å²) >= 11 is 0. The Hall–Kier alpha value is -1.95. The van der Waals surface area contributed by atoms with Crippen LogP contribution in [-0.2, 0) is 6.61 Å². The van der Waals surface area contributed by atoms with Gasteiger partial charge in [-0.1, -0.05) is 6.07 Å². The van der Waals surface area contributed by atoms with Crippen molar-refractivity contribution in [3.8, 4) is 5.88 Å². The van der Waals surface area contributed by atoms with Crippen molar-refractivity contribution in [1.82, 2.24) is 14.8 Å². The van der Waals surface area contributed by atoms with E-state index in [0.29, 0.717) is 17.4 Å². The van der Waals surface area contributed by atoms with E-state index in [1.807, 2.05) is 12.1 Å². The number of rotatable bonds is 4. The zero-order chi connectivity index (χ0) is 15.4. The van der Waals surface area contributed by atoms with E-state index in [4.69, 9.17) is 4.74 Å². The van der Waals surface area contributed by atoms with Crippen molar-refractivity contribution in [3.05, 3.63) is 53.7 Å². The van der Waals surface area contributed by atoms with Gasteiger partial charge in [-0.25, -0.2) is 9.37 Å². The predicted octanol–water partition coefficient (Wildman–Crippen LogP) is 1.92.